The Labute approximate surface area is 126 Å². The summed E-state index contributed by atoms with van der Waals surface area (Å²) in [6.45, 7) is 0.414. The molecule has 2 rings (SSSR count). The van der Waals surface area contributed by atoms with Crippen molar-refractivity contribution in [2.75, 3.05) is 13.1 Å². The molecule has 1 N–H and O–H groups in total. The molecular formula is C14H15FN4O3. The number of carbonyl (C=O) groups is 2. The predicted octanol–water partition coefficient (Wildman–Crippen LogP) is 1.98. The summed E-state index contributed by atoms with van der Waals surface area (Å²) in [6.07, 6.45) is 0.280. The van der Waals surface area contributed by atoms with Gasteiger partial charge in [-0.05, 0) is 29.1 Å². The van der Waals surface area contributed by atoms with E-state index in [9.17, 15) is 19.1 Å². The highest BCUT2D eigenvalue weighted by Gasteiger charge is 2.37. The van der Waals surface area contributed by atoms with Gasteiger partial charge in [-0.1, -0.05) is 17.2 Å². The Morgan fingerprint density at radius 3 is 2.77 bits per heavy atom. The molecule has 0 spiro atoms. The molecule has 0 bridgehead atoms. The lowest BCUT2D eigenvalue weighted by molar-refractivity contribution is -0.148. The molecule has 0 saturated carbocycles. The number of azide groups is 1. The van der Waals surface area contributed by atoms with Gasteiger partial charge in [0.2, 0.25) is 5.91 Å². The molecule has 1 aromatic carbocycles. The number of halogens is 1. The second-order valence-corrected chi connectivity index (χ2v) is 5.21. The quantitative estimate of drug-likeness (QED) is 0.493. The van der Waals surface area contributed by atoms with Crippen LogP contribution in [0.1, 0.15) is 12.0 Å². The smallest absolute Gasteiger partial charge is 0.326 e. The number of nitrogens with zero attached hydrogens (tertiary/aromatic N) is 4. The highest BCUT2D eigenvalue weighted by atomic mass is 19.1. The van der Waals surface area contributed by atoms with Gasteiger partial charge in [0.05, 0.1) is 0 Å². The van der Waals surface area contributed by atoms with Gasteiger partial charge in [0.15, 0.2) is 0 Å². The minimum absolute atomic E-state index is 0.107. The number of carbonyl (C=O) groups excluding carboxylic acids is 1. The van der Waals surface area contributed by atoms with E-state index in [1.165, 1.54) is 29.2 Å². The van der Waals surface area contributed by atoms with E-state index in [1.54, 1.807) is 0 Å². The van der Waals surface area contributed by atoms with E-state index in [0.717, 1.165) is 0 Å². The molecular weight excluding hydrogens is 291 g/mol. The third-order valence-corrected chi connectivity index (χ3v) is 3.65. The molecule has 1 amide bonds. The number of likely N-dealkylation sites (tertiary alicyclic amines) is 1. The number of hydrogen-bond donors (Lipinski definition) is 1. The van der Waals surface area contributed by atoms with Crippen LogP contribution in [0, 0.1) is 11.7 Å². The Morgan fingerprint density at radius 1 is 1.50 bits per heavy atom. The Morgan fingerprint density at radius 2 is 2.18 bits per heavy atom. The van der Waals surface area contributed by atoms with Crippen LogP contribution in [0.2, 0.25) is 0 Å². The Kier molecular flexibility index (Phi) is 4.95. The van der Waals surface area contributed by atoms with Crippen molar-refractivity contribution in [1.29, 1.82) is 0 Å². The maximum Gasteiger partial charge on any atom is 0.326 e. The highest BCUT2D eigenvalue weighted by Crippen LogP contribution is 2.23. The first kappa shape index (κ1) is 15.8. The van der Waals surface area contributed by atoms with Crippen molar-refractivity contribution >= 4 is 11.9 Å². The lowest BCUT2D eigenvalue weighted by atomic mass is 10.0. The molecule has 2 atom stereocenters. The molecule has 1 aliphatic rings. The monoisotopic (exact) mass is 306 g/mol. The predicted molar refractivity (Wildman–Crippen MR) is 75.4 cm³/mol. The van der Waals surface area contributed by atoms with E-state index in [-0.39, 0.29) is 37.8 Å². The van der Waals surface area contributed by atoms with Gasteiger partial charge >= 0.3 is 5.97 Å². The average Bonchev–Trinajstić information content (AvgIpc) is 2.85. The van der Waals surface area contributed by atoms with Crippen molar-refractivity contribution in [2.24, 2.45) is 11.0 Å². The number of aliphatic carboxylic acids is 1. The second kappa shape index (κ2) is 6.91. The van der Waals surface area contributed by atoms with Gasteiger partial charge in [0.25, 0.3) is 0 Å². The summed E-state index contributed by atoms with van der Waals surface area (Å²) in [5.41, 5.74) is 8.95. The van der Waals surface area contributed by atoms with Crippen molar-refractivity contribution in [3.63, 3.8) is 0 Å². The lowest BCUT2D eigenvalue weighted by Crippen LogP contribution is -2.43. The van der Waals surface area contributed by atoms with E-state index in [1.807, 2.05) is 0 Å². The molecule has 1 aliphatic heterocycles. The molecule has 1 saturated heterocycles. The first-order chi connectivity index (χ1) is 10.5. The SMILES string of the molecule is [N-]=[N+]=NCC1CC(=O)N([C@@H](Cc2ccc(F)cc2)C(=O)O)C1. The Hall–Kier alpha value is -2.60. The second-order valence-electron chi connectivity index (χ2n) is 5.21. The van der Waals surface area contributed by atoms with Crippen LogP contribution in [0.3, 0.4) is 0 Å². The normalized spacial score (nSPS) is 18.9. The van der Waals surface area contributed by atoms with Crippen LogP contribution in [-0.2, 0) is 16.0 Å². The van der Waals surface area contributed by atoms with Gasteiger partial charge in [0.1, 0.15) is 11.9 Å². The van der Waals surface area contributed by atoms with Crippen LogP contribution in [0.5, 0.6) is 0 Å². The first-order valence-electron chi connectivity index (χ1n) is 6.79. The molecule has 1 unspecified atom stereocenters. The maximum atomic E-state index is 12.9. The van der Waals surface area contributed by atoms with Gasteiger partial charge in [0, 0.05) is 30.8 Å². The summed E-state index contributed by atoms with van der Waals surface area (Å²) in [5.74, 6) is -1.95. The van der Waals surface area contributed by atoms with Crippen molar-refractivity contribution in [2.45, 2.75) is 18.9 Å². The number of hydrogen-bond acceptors (Lipinski definition) is 3. The summed E-state index contributed by atoms with van der Waals surface area (Å²) < 4.78 is 12.9. The molecule has 116 valence electrons. The summed E-state index contributed by atoms with van der Waals surface area (Å²) in [5, 5.41) is 12.8. The van der Waals surface area contributed by atoms with Gasteiger partial charge in [-0.3, -0.25) is 4.79 Å². The van der Waals surface area contributed by atoms with Crippen molar-refractivity contribution < 1.29 is 19.1 Å². The average molecular weight is 306 g/mol. The van der Waals surface area contributed by atoms with E-state index >= 15 is 0 Å². The van der Waals surface area contributed by atoms with Crippen molar-refractivity contribution in [3.05, 3.63) is 46.1 Å². The van der Waals surface area contributed by atoms with E-state index in [4.69, 9.17) is 5.53 Å². The summed E-state index contributed by atoms with van der Waals surface area (Å²) in [7, 11) is 0. The topological polar surface area (TPSA) is 106 Å². The fourth-order valence-corrected chi connectivity index (χ4v) is 2.56. The standard InChI is InChI=1S/C14H15FN4O3/c15-11-3-1-9(2-4-11)5-12(14(21)22)19-8-10(6-13(19)20)7-17-18-16/h1-4,10,12H,5-8H2,(H,21,22)/t10?,12-/m0/s1. The summed E-state index contributed by atoms with van der Waals surface area (Å²) in [4.78, 5) is 27.4. The molecule has 22 heavy (non-hydrogen) atoms. The van der Waals surface area contributed by atoms with Crippen LogP contribution in [-0.4, -0.2) is 41.0 Å². The van der Waals surface area contributed by atoms with Crippen molar-refractivity contribution in [3.8, 4) is 0 Å². The zero-order valence-electron chi connectivity index (χ0n) is 11.7. The first-order valence-corrected chi connectivity index (χ1v) is 6.79. The molecule has 1 fully saturated rings. The van der Waals surface area contributed by atoms with Gasteiger partial charge in [-0.15, -0.1) is 0 Å². The molecule has 8 heteroatoms. The van der Waals surface area contributed by atoms with Crippen LogP contribution in [0.15, 0.2) is 29.4 Å². The summed E-state index contributed by atoms with van der Waals surface area (Å²) in [6, 6.07) is 4.51. The molecule has 0 radical (unpaired) electrons. The highest BCUT2D eigenvalue weighted by molar-refractivity contribution is 5.85. The zero-order valence-corrected chi connectivity index (χ0v) is 11.7. The number of benzene rings is 1. The van der Waals surface area contributed by atoms with Crippen LogP contribution in [0.25, 0.3) is 10.4 Å². The van der Waals surface area contributed by atoms with Crippen molar-refractivity contribution in [1.82, 2.24) is 4.90 Å². The molecule has 1 heterocycles. The number of carboxylic acids is 1. The molecule has 1 aromatic rings. The third kappa shape index (κ3) is 3.73. The number of amides is 1. The van der Waals surface area contributed by atoms with Gasteiger partial charge < -0.3 is 10.0 Å². The van der Waals surface area contributed by atoms with E-state index in [2.05, 4.69) is 10.0 Å². The van der Waals surface area contributed by atoms with Crippen LogP contribution >= 0.6 is 0 Å². The maximum absolute atomic E-state index is 12.9. The Balaban J connectivity index is 2.10. The fraction of sp³-hybridized carbons (Fsp3) is 0.429. The van der Waals surface area contributed by atoms with Crippen LogP contribution < -0.4 is 0 Å². The minimum Gasteiger partial charge on any atom is -0.480 e. The number of carboxylic acid groups (broad SMARTS) is 1. The summed E-state index contributed by atoms with van der Waals surface area (Å²) >= 11 is 0. The molecule has 7 nitrogen and oxygen atoms in total. The zero-order chi connectivity index (χ0) is 16.1. The fourth-order valence-electron chi connectivity index (χ4n) is 2.56. The van der Waals surface area contributed by atoms with E-state index in [0.29, 0.717) is 5.56 Å². The van der Waals surface area contributed by atoms with Crippen LogP contribution in [0.4, 0.5) is 4.39 Å². The largest absolute Gasteiger partial charge is 0.480 e. The van der Waals surface area contributed by atoms with Gasteiger partial charge in [-0.25, -0.2) is 9.18 Å². The Bertz CT molecular complexity index is 613. The molecule has 0 aliphatic carbocycles. The van der Waals surface area contributed by atoms with E-state index < -0.39 is 17.8 Å². The minimum atomic E-state index is -1.11. The number of rotatable bonds is 6. The molecule has 0 aromatic heterocycles. The van der Waals surface area contributed by atoms with Gasteiger partial charge in [-0.2, -0.15) is 0 Å². The third-order valence-electron chi connectivity index (χ3n) is 3.65. The lowest BCUT2D eigenvalue weighted by Gasteiger charge is -2.24.